The van der Waals surface area contributed by atoms with Crippen LogP contribution in [0.4, 0.5) is 5.69 Å². The highest BCUT2D eigenvalue weighted by atomic mass is 127. The van der Waals surface area contributed by atoms with E-state index in [0.717, 1.165) is 18.7 Å². The van der Waals surface area contributed by atoms with Gasteiger partial charge in [0.15, 0.2) is 0 Å². The minimum Gasteiger partial charge on any atom is -0.377 e. The van der Waals surface area contributed by atoms with Crippen LogP contribution in [0.2, 0.25) is 0 Å². The van der Waals surface area contributed by atoms with E-state index < -0.39 is 0 Å². The van der Waals surface area contributed by atoms with E-state index in [1.807, 2.05) is 19.3 Å². The predicted octanol–water partition coefficient (Wildman–Crippen LogP) is 2.68. The lowest BCUT2D eigenvalue weighted by atomic mass is 10.2. The molecule has 15 heavy (non-hydrogen) atoms. The van der Waals surface area contributed by atoms with Gasteiger partial charge in [-0.1, -0.05) is 0 Å². The molecule has 0 N–H and O–H groups in total. The summed E-state index contributed by atoms with van der Waals surface area (Å²) in [7, 11) is 2.07. The Hall–Kier alpha value is -0.360. The van der Waals surface area contributed by atoms with Crippen LogP contribution in [-0.4, -0.2) is 25.2 Å². The highest BCUT2D eigenvalue weighted by molar-refractivity contribution is 14.1. The van der Waals surface area contributed by atoms with Gasteiger partial charge in [-0.3, -0.25) is 4.98 Å². The van der Waals surface area contributed by atoms with E-state index in [0.29, 0.717) is 6.61 Å². The number of anilines is 1. The molecule has 0 aromatic carbocycles. The lowest BCUT2D eigenvalue weighted by Gasteiger charge is -2.19. The topological polar surface area (TPSA) is 25.4 Å². The van der Waals surface area contributed by atoms with Crippen molar-refractivity contribution in [2.75, 3.05) is 25.1 Å². The molecule has 0 bridgehead atoms. The Labute approximate surface area is 105 Å². The number of ether oxygens (including phenoxy) is 1. The molecule has 0 aliphatic carbocycles. The number of hydrogen-bond donors (Lipinski definition) is 0. The first kappa shape index (κ1) is 12.7. The maximum atomic E-state index is 5.41. The number of aromatic nitrogens is 1. The average molecular weight is 320 g/mol. The van der Waals surface area contributed by atoms with E-state index in [1.165, 1.54) is 9.26 Å². The van der Waals surface area contributed by atoms with Gasteiger partial charge >= 0.3 is 0 Å². The summed E-state index contributed by atoms with van der Waals surface area (Å²) in [5.74, 6) is 0. The van der Waals surface area contributed by atoms with Crippen molar-refractivity contribution < 1.29 is 4.74 Å². The lowest BCUT2D eigenvalue weighted by Crippen LogP contribution is -2.18. The van der Waals surface area contributed by atoms with Gasteiger partial charge < -0.3 is 9.64 Å². The van der Waals surface area contributed by atoms with E-state index in [9.17, 15) is 0 Å². The molecule has 1 rings (SSSR count). The van der Waals surface area contributed by atoms with E-state index >= 15 is 0 Å². The molecule has 0 radical (unpaired) electrons. The zero-order valence-corrected chi connectivity index (χ0v) is 11.6. The Morgan fingerprint density at radius 2 is 2.13 bits per heavy atom. The molecule has 0 aliphatic heterocycles. The van der Waals surface area contributed by atoms with Gasteiger partial charge in [0.2, 0.25) is 0 Å². The van der Waals surface area contributed by atoms with Crippen molar-refractivity contribution in [3.8, 4) is 0 Å². The summed E-state index contributed by atoms with van der Waals surface area (Å²) in [5, 5.41) is 0. The van der Waals surface area contributed by atoms with Crippen LogP contribution in [0.3, 0.4) is 0 Å². The van der Waals surface area contributed by atoms with Gasteiger partial charge in [0.05, 0.1) is 18.5 Å². The molecule has 0 unspecified atom stereocenters. The first-order valence-electron chi connectivity index (χ1n) is 5.11. The second-order valence-corrected chi connectivity index (χ2v) is 4.36. The van der Waals surface area contributed by atoms with Crippen molar-refractivity contribution in [3.05, 3.63) is 21.5 Å². The first-order valence-corrected chi connectivity index (χ1v) is 6.19. The smallest absolute Gasteiger partial charge is 0.0742 e. The Bertz CT molecular complexity index is 317. The Morgan fingerprint density at radius 1 is 1.40 bits per heavy atom. The maximum absolute atomic E-state index is 5.41. The molecule has 1 heterocycles. The fourth-order valence-corrected chi connectivity index (χ4v) is 2.07. The molecule has 0 saturated heterocycles. The van der Waals surface area contributed by atoms with Crippen molar-refractivity contribution in [1.29, 1.82) is 0 Å². The zero-order chi connectivity index (χ0) is 11.3. The number of halogens is 1. The number of nitrogens with zero attached hydrogens (tertiary/aromatic N) is 2. The van der Waals surface area contributed by atoms with Crippen molar-refractivity contribution in [2.24, 2.45) is 0 Å². The van der Waals surface area contributed by atoms with Crippen molar-refractivity contribution in [3.63, 3.8) is 0 Å². The monoisotopic (exact) mass is 320 g/mol. The summed E-state index contributed by atoms with van der Waals surface area (Å²) in [6.45, 7) is 6.50. The Morgan fingerprint density at radius 3 is 2.73 bits per heavy atom. The number of pyridine rings is 1. The van der Waals surface area contributed by atoms with Crippen molar-refractivity contribution >= 4 is 28.3 Å². The third kappa shape index (κ3) is 3.31. The quantitative estimate of drug-likeness (QED) is 0.780. The molecule has 0 aliphatic rings. The minimum absolute atomic E-state index is 0.646. The van der Waals surface area contributed by atoms with E-state index in [4.69, 9.17) is 4.74 Å². The summed E-state index contributed by atoms with van der Waals surface area (Å²) in [5.41, 5.74) is 2.34. The van der Waals surface area contributed by atoms with Crippen LogP contribution >= 0.6 is 22.6 Å². The molecule has 3 nitrogen and oxygen atoms in total. The number of hydrogen-bond acceptors (Lipinski definition) is 3. The van der Waals surface area contributed by atoms with Crippen molar-refractivity contribution in [2.45, 2.75) is 20.5 Å². The molecule has 84 valence electrons. The van der Waals surface area contributed by atoms with Gasteiger partial charge in [-0.05, 0) is 36.4 Å². The molecule has 0 fully saturated rings. The standard InChI is InChI=1S/C11H17IN2O/c1-4-14(3)10-7-13-6-9(11(10)12)8-15-5-2/h6-7H,4-5,8H2,1-3H3. The van der Waals surface area contributed by atoms with Gasteiger partial charge in [0.25, 0.3) is 0 Å². The SMILES string of the molecule is CCOCc1cncc(N(C)CC)c1I. The molecular formula is C11H17IN2O. The van der Waals surface area contributed by atoms with Crippen LogP contribution in [0.1, 0.15) is 19.4 Å². The van der Waals surface area contributed by atoms with Crippen molar-refractivity contribution in [1.82, 2.24) is 4.98 Å². The molecule has 1 aromatic heterocycles. The molecule has 4 heteroatoms. The Balaban J connectivity index is 2.90. The largest absolute Gasteiger partial charge is 0.377 e. The second-order valence-electron chi connectivity index (χ2n) is 3.28. The fraction of sp³-hybridized carbons (Fsp3) is 0.545. The van der Waals surface area contributed by atoms with E-state index in [2.05, 4.69) is 46.4 Å². The van der Waals surface area contributed by atoms with Crippen LogP contribution in [0.5, 0.6) is 0 Å². The molecule has 0 atom stereocenters. The maximum Gasteiger partial charge on any atom is 0.0742 e. The zero-order valence-electron chi connectivity index (χ0n) is 9.46. The van der Waals surface area contributed by atoms with E-state index in [-0.39, 0.29) is 0 Å². The van der Waals surface area contributed by atoms with Gasteiger partial charge in [0.1, 0.15) is 0 Å². The summed E-state index contributed by atoms with van der Waals surface area (Å²) in [6, 6.07) is 0. The normalized spacial score (nSPS) is 10.4. The highest BCUT2D eigenvalue weighted by Crippen LogP contribution is 2.24. The van der Waals surface area contributed by atoms with E-state index in [1.54, 1.807) is 0 Å². The summed E-state index contributed by atoms with van der Waals surface area (Å²) in [4.78, 5) is 6.43. The minimum atomic E-state index is 0.646. The summed E-state index contributed by atoms with van der Waals surface area (Å²) in [6.07, 6.45) is 3.78. The second kappa shape index (κ2) is 6.27. The van der Waals surface area contributed by atoms with Crippen LogP contribution < -0.4 is 4.90 Å². The van der Waals surface area contributed by atoms with Gasteiger partial charge in [-0.15, -0.1) is 0 Å². The summed E-state index contributed by atoms with van der Waals surface area (Å²) >= 11 is 2.36. The van der Waals surface area contributed by atoms with Crippen LogP contribution in [0, 0.1) is 3.57 Å². The molecule has 0 amide bonds. The van der Waals surface area contributed by atoms with Gasteiger partial charge in [-0.2, -0.15) is 0 Å². The van der Waals surface area contributed by atoms with Crippen LogP contribution in [-0.2, 0) is 11.3 Å². The fourth-order valence-electron chi connectivity index (χ4n) is 1.22. The highest BCUT2D eigenvalue weighted by Gasteiger charge is 2.08. The Kier molecular flexibility index (Phi) is 5.31. The summed E-state index contributed by atoms with van der Waals surface area (Å²) < 4.78 is 6.64. The first-order chi connectivity index (χ1) is 7.20. The molecule has 0 spiro atoms. The molecule has 0 saturated carbocycles. The number of rotatable bonds is 5. The van der Waals surface area contributed by atoms with Crippen LogP contribution in [0.15, 0.2) is 12.4 Å². The lowest BCUT2D eigenvalue weighted by molar-refractivity contribution is 0.133. The molecule has 1 aromatic rings. The van der Waals surface area contributed by atoms with Gasteiger partial charge in [-0.25, -0.2) is 0 Å². The third-order valence-corrected chi connectivity index (χ3v) is 3.53. The average Bonchev–Trinajstić information content (AvgIpc) is 2.27. The van der Waals surface area contributed by atoms with Crippen LogP contribution in [0.25, 0.3) is 0 Å². The predicted molar refractivity (Wildman–Crippen MR) is 71.2 cm³/mol. The molecular weight excluding hydrogens is 303 g/mol. The third-order valence-electron chi connectivity index (χ3n) is 2.28. The van der Waals surface area contributed by atoms with Gasteiger partial charge in [0, 0.05) is 35.5 Å².